The zero-order valence-electron chi connectivity index (χ0n) is 13.3. The van der Waals surface area contributed by atoms with Gasteiger partial charge in [-0.25, -0.2) is 9.18 Å². The van der Waals surface area contributed by atoms with Crippen LogP contribution in [-0.4, -0.2) is 33.8 Å². The minimum Gasteiger partial charge on any atom is -0.323 e. The maximum atomic E-state index is 13.4. The summed E-state index contributed by atoms with van der Waals surface area (Å²) >= 11 is 4.14. The fourth-order valence-corrected chi connectivity index (χ4v) is 3.37. The number of amides is 1. The number of alkyl halides is 3. The van der Waals surface area contributed by atoms with Crippen LogP contribution in [0.5, 0.6) is 0 Å². The topological polar surface area (TPSA) is 38.1 Å². The molecule has 2 aromatic rings. The van der Waals surface area contributed by atoms with Crippen molar-refractivity contribution < 1.29 is 22.4 Å². The first-order valence-corrected chi connectivity index (χ1v) is 8.87. The molecule has 0 fully saturated rings. The summed E-state index contributed by atoms with van der Waals surface area (Å²) in [6.07, 6.45) is -3.34. The second kappa shape index (κ2) is 7.77. The van der Waals surface area contributed by atoms with Gasteiger partial charge in [0.2, 0.25) is 0 Å². The molecule has 4 nitrogen and oxygen atoms in total. The number of aromatic nitrogens is 2. The molecule has 0 aliphatic carbocycles. The number of carbonyl (C=O) groups excluding carboxylic acids is 1. The third-order valence-electron chi connectivity index (χ3n) is 3.33. The van der Waals surface area contributed by atoms with Crippen LogP contribution in [-0.2, 0) is 6.18 Å². The molecule has 2 rings (SSSR count). The molecule has 0 atom stereocenters. The molecule has 0 bridgehead atoms. The van der Waals surface area contributed by atoms with Gasteiger partial charge < -0.3 is 4.90 Å². The first kappa shape index (κ1) is 19.8. The predicted molar refractivity (Wildman–Crippen MR) is 89.2 cm³/mol. The smallest absolute Gasteiger partial charge is 0.323 e. The third kappa shape index (κ3) is 4.55. The number of hydrogen-bond acceptors (Lipinski definition) is 3. The molecular weight excluding hydrogens is 426 g/mol. The molecule has 0 saturated carbocycles. The summed E-state index contributed by atoms with van der Waals surface area (Å²) in [6, 6.07) is 2.37. The molecule has 25 heavy (non-hydrogen) atoms. The maximum absolute atomic E-state index is 13.4. The Labute approximate surface area is 154 Å². The Bertz CT molecular complexity index is 775. The zero-order chi connectivity index (χ0) is 18.8. The zero-order valence-corrected chi connectivity index (χ0v) is 15.7. The van der Waals surface area contributed by atoms with Crippen LogP contribution in [0.25, 0.3) is 0 Å². The first-order valence-electron chi connectivity index (χ1n) is 7.26. The lowest BCUT2D eigenvalue weighted by atomic mass is 10.2. The Hall–Kier alpha value is -1.55. The molecule has 136 valence electrons. The Morgan fingerprint density at radius 2 is 1.96 bits per heavy atom. The molecule has 0 spiro atoms. The van der Waals surface area contributed by atoms with Gasteiger partial charge in [0.25, 0.3) is 0 Å². The standard InChI is InChI=1S/C15H14BrF4N3OS/c1-3-22(4-2)14(24)23-8-11(16)13(21-23)25-9-5-6-12(17)10(7-9)15(18,19)20/h5-8H,3-4H2,1-2H3. The molecule has 1 heterocycles. The van der Waals surface area contributed by atoms with Gasteiger partial charge >= 0.3 is 12.2 Å². The predicted octanol–water partition coefficient (Wildman–Crippen LogP) is 5.26. The lowest BCUT2D eigenvalue weighted by molar-refractivity contribution is -0.140. The second-order valence-electron chi connectivity index (χ2n) is 4.92. The van der Waals surface area contributed by atoms with Crippen molar-refractivity contribution in [2.75, 3.05) is 13.1 Å². The van der Waals surface area contributed by atoms with Crippen molar-refractivity contribution in [1.29, 1.82) is 0 Å². The SMILES string of the molecule is CCN(CC)C(=O)n1cc(Br)c(Sc2ccc(F)c(C(F)(F)F)c2)n1. The summed E-state index contributed by atoms with van der Waals surface area (Å²) in [5.41, 5.74) is -1.34. The quantitative estimate of drug-likeness (QED) is 0.609. The minimum absolute atomic E-state index is 0.162. The molecule has 1 aromatic carbocycles. The van der Waals surface area contributed by atoms with Crippen molar-refractivity contribution in [2.45, 2.75) is 29.9 Å². The highest BCUT2D eigenvalue weighted by Crippen LogP contribution is 2.37. The van der Waals surface area contributed by atoms with Crippen molar-refractivity contribution >= 4 is 33.7 Å². The lowest BCUT2D eigenvalue weighted by Crippen LogP contribution is -2.34. The van der Waals surface area contributed by atoms with Gasteiger partial charge in [-0.15, -0.1) is 0 Å². The second-order valence-corrected chi connectivity index (χ2v) is 6.84. The van der Waals surface area contributed by atoms with E-state index in [4.69, 9.17) is 0 Å². The molecule has 10 heteroatoms. The highest BCUT2D eigenvalue weighted by molar-refractivity contribution is 9.10. The summed E-state index contributed by atoms with van der Waals surface area (Å²) in [4.78, 5) is 14.0. The average Bonchev–Trinajstić information content (AvgIpc) is 2.90. The molecule has 0 radical (unpaired) electrons. The van der Waals surface area contributed by atoms with E-state index in [1.165, 1.54) is 12.3 Å². The van der Waals surface area contributed by atoms with Crippen LogP contribution in [0.2, 0.25) is 0 Å². The Balaban J connectivity index is 2.29. The van der Waals surface area contributed by atoms with Gasteiger partial charge in [-0.2, -0.15) is 23.0 Å². The van der Waals surface area contributed by atoms with Crippen LogP contribution in [0.4, 0.5) is 22.4 Å². The highest BCUT2D eigenvalue weighted by atomic mass is 79.9. The van der Waals surface area contributed by atoms with Crippen LogP contribution < -0.4 is 0 Å². The van der Waals surface area contributed by atoms with Crippen LogP contribution >= 0.6 is 27.7 Å². The summed E-state index contributed by atoms with van der Waals surface area (Å²) in [7, 11) is 0. The van der Waals surface area contributed by atoms with Gasteiger partial charge in [-0.3, -0.25) is 0 Å². The van der Waals surface area contributed by atoms with Crippen LogP contribution in [0.1, 0.15) is 19.4 Å². The van der Waals surface area contributed by atoms with E-state index >= 15 is 0 Å². The molecule has 0 aliphatic heterocycles. The number of halogens is 5. The normalized spacial score (nSPS) is 11.6. The molecule has 1 amide bonds. The van der Waals surface area contributed by atoms with E-state index in [-0.39, 0.29) is 10.9 Å². The number of hydrogen-bond donors (Lipinski definition) is 0. The van der Waals surface area contributed by atoms with E-state index in [1.54, 1.807) is 4.90 Å². The maximum Gasteiger partial charge on any atom is 0.419 e. The monoisotopic (exact) mass is 439 g/mol. The fraction of sp³-hybridized carbons (Fsp3) is 0.333. The number of rotatable bonds is 4. The number of benzene rings is 1. The van der Waals surface area contributed by atoms with E-state index in [1.807, 2.05) is 13.8 Å². The third-order valence-corrected chi connectivity index (χ3v) is 5.15. The summed E-state index contributed by atoms with van der Waals surface area (Å²) in [6.45, 7) is 4.66. The average molecular weight is 440 g/mol. The molecule has 0 saturated heterocycles. The molecule has 0 N–H and O–H groups in total. The Morgan fingerprint density at radius 3 is 2.52 bits per heavy atom. The summed E-state index contributed by atoms with van der Waals surface area (Å²) in [5, 5.41) is 4.41. The molecule has 0 aliphatic rings. The van der Waals surface area contributed by atoms with E-state index in [2.05, 4.69) is 21.0 Å². The molecule has 0 unspecified atom stereocenters. The van der Waals surface area contributed by atoms with Gasteiger partial charge in [0, 0.05) is 18.0 Å². The molecule has 1 aromatic heterocycles. The molecular formula is C15H14BrF4N3OS. The van der Waals surface area contributed by atoms with Crippen LogP contribution in [0, 0.1) is 5.82 Å². The van der Waals surface area contributed by atoms with Gasteiger partial charge in [-0.05, 0) is 48.0 Å². The van der Waals surface area contributed by atoms with Crippen molar-refractivity contribution in [1.82, 2.24) is 14.7 Å². The van der Waals surface area contributed by atoms with Crippen molar-refractivity contribution in [3.63, 3.8) is 0 Å². The Kier molecular flexibility index (Phi) is 6.15. The number of nitrogens with zero attached hydrogens (tertiary/aromatic N) is 3. The lowest BCUT2D eigenvalue weighted by Gasteiger charge is -2.17. The van der Waals surface area contributed by atoms with Gasteiger partial charge in [0.15, 0.2) is 0 Å². The van der Waals surface area contributed by atoms with Gasteiger partial charge in [0.05, 0.1) is 16.2 Å². The van der Waals surface area contributed by atoms with Gasteiger partial charge in [-0.1, -0.05) is 11.8 Å². The minimum atomic E-state index is -4.78. The van der Waals surface area contributed by atoms with Crippen molar-refractivity contribution in [3.8, 4) is 0 Å². The first-order chi connectivity index (χ1) is 11.7. The van der Waals surface area contributed by atoms with E-state index in [0.717, 1.165) is 28.6 Å². The largest absolute Gasteiger partial charge is 0.419 e. The van der Waals surface area contributed by atoms with E-state index in [0.29, 0.717) is 22.6 Å². The fourth-order valence-electron chi connectivity index (χ4n) is 2.04. The van der Waals surface area contributed by atoms with Crippen molar-refractivity contribution in [3.05, 3.63) is 40.2 Å². The summed E-state index contributed by atoms with van der Waals surface area (Å²) in [5.74, 6) is -1.34. The van der Waals surface area contributed by atoms with Crippen molar-refractivity contribution in [2.24, 2.45) is 0 Å². The van der Waals surface area contributed by atoms with Gasteiger partial charge in [0.1, 0.15) is 10.8 Å². The Morgan fingerprint density at radius 1 is 1.32 bits per heavy atom. The number of carbonyl (C=O) groups is 1. The van der Waals surface area contributed by atoms with Crippen LogP contribution in [0.3, 0.4) is 0 Å². The summed E-state index contributed by atoms with van der Waals surface area (Å²) < 4.78 is 53.3. The van der Waals surface area contributed by atoms with Crippen LogP contribution in [0.15, 0.2) is 38.8 Å². The van der Waals surface area contributed by atoms with E-state index < -0.39 is 17.6 Å². The highest BCUT2D eigenvalue weighted by Gasteiger charge is 2.34. The van der Waals surface area contributed by atoms with E-state index in [9.17, 15) is 22.4 Å².